The van der Waals surface area contributed by atoms with Crippen LogP contribution in [0.15, 0.2) is 40.9 Å². The molecule has 1 atom stereocenters. The number of hydrogen-bond acceptors (Lipinski definition) is 1. The van der Waals surface area contributed by atoms with E-state index in [9.17, 15) is 22.7 Å². The summed E-state index contributed by atoms with van der Waals surface area (Å²) in [7, 11) is 0. The molecular weight excluding hydrogens is 352 g/mol. The van der Waals surface area contributed by atoms with E-state index in [2.05, 4.69) is 15.9 Å². The van der Waals surface area contributed by atoms with Crippen molar-refractivity contribution in [2.24, 2.45) is 0 Å². The molecule has 1 N–H and O–H groups in total. The SMILES string of the molecule is Cc1cc(F)ccc1C(O)c1cc(C(F)(F)F)ccc1Br. The third-order valence-corrected chi connectivity index (χ3v) is 3.87. The first-order chi connectivity index (χ1) is 9.70. The molecule has 0 fully saturated rings. The molecule has 0 radical (unpaired) electrons. The molecule has 0 aliphatic rings. The van der Waals surface area contributed by atoms with Gasteiger partial charge in [-0.05, 0) is 53.9 Å². The smallest absolute Gasteiger partial charge is 0.384 e. The molecule has 0 spiro atoms. The summed E-state index contributed by atoms with van der Waals surface area (Å²) in [5.41, 5.74) is 0.0577. The Kier molecular flexibility index (Phi) is 4.39. The quantitative estimate of drug-likeness (QED) is 0.745. The molecule has 112 valence electrons. The first-order valence-electron chi connectivity index (χ1n) is 6.01. The number of halogens is 5. The minimum absolute atomic E-state index is 0.0829. The van der Waals surface area contributed by atoms with Gasteiger partial charge in [-0.15, -0.1) is 0 Å². The molecule has 0 saturated carbocycles. The molecule has 6 heteroatoms. The summed E-state index contributed by atoms with van der Waals surface area (Å²) in [5.74, 6) is -0.466. The van der Waals surface area contributed by atoms with Crippen molar-refractivity contribution in [3.05, 3.63) is 68.9 Å². The predicted octanol–water partition coefficient (Wildman–Crippen LogP) is 5.00. The maximum absolute atomic E-state index is 13.1. The minimum Gasteiger partial charge on any atom is -0.384 e. The lowest BCUT2D eigenvalue weighted by Gasteiger charge is -2.17. The van der Waals surface area contributed by atoms with E-state index in [0.717, 1.165) is 18.2 Å². The first-order valence-corrected chi connectivity index (χ1v) is 6.80. The van der Waals surface area contributed by atoms with Crippen molar-refractivity contribution in [2.45, 2.75) is 19.2 Å². The van der Waals surface area contributed by atoms with Crippen molar-refractivity contribution in [3.8, 4) is 0 Å². The van der Waals surface area contributed by atoms with E-state index in [-0.39, 0.29) is 5.56 Å². The molecule has 0 aromatic heterocycles. The van der Waals surface area contributed by atoms with Crippen LogP contribution in [0.3, 0.4) is 0 Å². The van der Waals surface area contributed by atoms with E-state index in [0.29, 0.717) is 15.6 Å². The predicted molar refractivity (Wildman–Crippen MR) is 74.3 cm³/mol. The molecule has 0 aliphatic heterocycles. The maximum atomic E-state index is 13.1. The number of aryl methyl sites for hydroxylation is 1. The fourth-order valence-electron chi connectivity index (χ4n) is 2.04. The van der Waals surface area contributed by atoms with Crippen LogP contribution in [-0.4, -0.2) is 5.11 Å². The van der Waals surface area contributed by atoms with Crippen molar-refractivity contribution < 1.29 is 22.7 Å². The molecule has 0 heterocycles. The molecule has 21 heavy (non-hydrogen) atoms. The topological polar surface area (TPSA) is 20.2 Å². The molecule has 2 aromatic rings. The number of aliphatic hydroxyl groups excluding tert-OH is 1. The van der Waals surface area contributed by atoms with Gasteiger partial charge in [-0.3, -0.25) is 0 Å². The van der Waals surface area contributed by atoms with Crippen molar-refractivity contribution in [2.75, 3.05) is 0 Å². The van der Waals surface area contributed by atoms with Gasteiger partial charge in [0.15, 0.2) is 0 Å². The summed E-state index contributed by atoms with van der Waals surface area (Å²) in [6.07, 6.45) is -5.77. The Morgan fingerprint density at radius 1 is 1.05 bits per heavy atom. The molecule has 0 aliphatic carbocycles. The van der Waals surface area contributed by atoms with Gasteiger partial charge in [-0.2, -0.15) is 13.2 Å². The standard InChI is InChI=1S/C15H11BrF4O/c1-8-6-10(17)3-4-11(8)14(21)12-7-9(15(18,19)20)2-5-13(12)16/h2-7,14,21H,1H3. The summed E-state index contributed by atoms with van der Waals surface area (Å²) in [6.45, 7) is 1.59. The Morgan fingerprint density at radius 2 is 1.71 bits per heavy atom. The second-order valence-electron chi connectivity index (χ2n) is 4.64. The maximum Gasteiger partial charge on any atom is 0.416 e. The van der Waals surface area contributed by atoms with Crippen LogP contribution in [0.4, 0.5) is 17.6 Å². The van der Waals surface area contributed by atoms with E-state index in [1.807, 2.05) is 0 Å². The molecule has 1 nitrogen and oxygen atoms in total. The lowest BCUT2D eigenvalue weighted by atomic mass is 9.96. The minimum atomic E-state index is -4.49. The van der Waals surface area contributed by atoms with Crippen molar-refractivity contribution in [1.29, 1.82) is 0 Å². The van der Waals surface area contributed by atoms with E-state index < -0.39 is 23.7 Å². The van der Waals surface area contributed by atoms with Crippen LogP contribution >= 0.6 is 15.9 Å². The van der Waals surface area contributed by atoms with Crippen LogP contribution in [0.5, 0.6) is 0 Å². The average Bonchev–Trinajstić information content (AvgIpc) is 2.37. The second kappa shape index (κ2) is 5.77. The lowest BCUT2D eigenvalue weighted by Crippen LogP contribution is -2.09. The van der Waals surface area contributed by atoms with E-state index in [1.165, 1.54) is 18.2 Å². The van der Waals surface area contributed by atoms with Crippen molar-refractivity contribution in [1.82, 2.24) is 0 Å². The monoisotopic (exact) mass is 362 g/mol. The highest BCUT2D eigenvalue weighted by Gasteiger charge is 2.31. The normalized spacial score (nSPS) is 13.3. The fraction of sp³-hybridized carbons (Fsp3) is 0.200. The van der Waals surface area contributed by atoms with Crippen LogP contribution in [0.1, 0.15) is 28.4 Å². The molecular formula is C15H11BrF4O. The largest absolute Gasteiger partial charge is 0.416 e. The summed E-state index contributed by atoms with van der Waals surface area (Å²) in [4.78, 5) is 0. The number of hydrogen-bond donors (Lipinski definition) is 1. The lowest BCUT2D eigenvalue weighted by molar-refractivity contribution is -0.137. The number of rotatable bonds is 2. The van der Waals surface area contributed by atoms with Crippen molar-refractivity contribution in [3.63, 3.8) is 0 Å². The Morgan fingerprint density at radius 3 is 2.29 bits per heavy atom. The zero-order chi connectivity index (χ0) is 15.8. The van der Waals surface area contributed by atoms with Gasteiger partial charge in [-0.25, -0.2) is 4.39 Å². The molecule has 0 saturated heterocycles. The van der Waals surface area contributed by atoms with Crippen LogP contribution in [-0.2, 0) is 6.18 Å². The van der Waals surface area contributed by atoms with Crippen LogP contribution < -0.4 is 0 Å². The van der Waals surface area contributed by atoms with Gasteiger partial charge in [0.05, 0.1) is 5.56 Å². The molecule has 0 bridgehead atoms. The zero-order valence-electron chi connectivity index (χ0n) is 10.9. The molecule has 2 aromatic carbocycles. The second-order valence-corrected chi connectivity index (χ2v) is 5.49. The zero-order valence-corrected chi connectivity index (χ0v) is 12.5. The summed E-state index contributed by atoms with van der Waals surface area (Å²) < 4.78 is 51.7. The molecule has 2 rings (SSSR count). The molecule has 0 amide bonds. The third-order valence-electron chi connectivity index (χ3n) is 3.14. The van der Waals surface area contributed by atoms with Crippen LogP contribution in [0, 0.1) is 12.7 Å². The summed E-state index contributed by atoms with van der Waals surface area (Å²) in [5, 5.41) is 10.3. The fourth-order valence-corrected chi connectivity index (χ4v) is 2.51. The van der Waals surface area contributed by atoms with Gasteiger partial charge >= 0.3 is 6.18 Å². The highest BCUT2D eigenvalue weighted by Crippen LogP contribution is 2.36. The summed E-state index contributed by atoms with van der Waals surface area (Å²) >= 11 is 3.13. The van der Waals surface area contributed by atoms with Crippen LogP contribution in [0.2, 0.25) is 0 Å². The highest BCUT2D eigenvalue weighted by molar-refractivity contribution is 9.10. The third kappa shape index (κ3) is 3.44. The Balaban J connectivity index is 2.50. The van der Waals surface area contributed by atoms with E-state index >= 15 is 0 Å². The summed E-state index contributed by atoms with van der Waals surface area (Å²) in [6, 6.07) is 6.80. The average molecular weight is 363 g/mol. The van der Waals surface area contributed by atoms with Crippen molar-refractivity contribution >= 4 is 15.9 Å². The number of alkyl halides is 3. The Hall–Kier alpha value is -1.40. The highest BCUT2D eigenvalue weighted by atomic mass is 79.9. The van der Waals surface area contributed by atoms with E-state index in [4.69, 9.17) is 0 Å². The van der Waals surface area contributed by atoms with Gasteiger partial charge in [0.1, 0.15) is 11.9 Å². The van der Waals surface area contributed by atoms with Gasteiger partial charge in [-0.1, -0.05) is 22.0 Å². The molecule has 1 unspecified atom stereocenters. The first kappa shape index (κ1) is 16.0. The van der Waals surface area contributed by atoms with Gasteiger partial charge < -0.3 is 5.11 Å². The number of benzene rings is 2. The van der Waals surface area contributed by atoms with Crippen LogP contribution in [0.25, 0.3) is 0 Å². The number of aliphatic hydroxyl groups is 1. The van der Waals surface area contributed by atoms with Gasteiger partial charge in [0.25, 0.3) is 0 Å². The Labute approximate surface area is 127 Å². The van der Waals surface area contributed by atoms with E-state index in [1.54, 1.807) is 6.92 Å². The Bertz CT molecular complexity index is 667. The van der Waals surface area contributed by atoms with Gasteiger partial charge in [0.2, 0.25) is 0 Å². The van der Waals surface area contributed by atoms with Gasteiger partial charge in [0, 0.05) is 4.47 Å².